The Hall–Kier alpha value is -1.40. The van der Waals surface area contributed by atoms with E-state index in [4.69, 9.17) is 16.1 Å². The highest BCUT2D eigenvalue weighted by Crippen LogP contribution is 2.42. The van der Waals surface area contributed by atoms with Gasteiger partial charge in [0.25, 0.3) is 6.43 Å². The Kier molecular flexibility index (Phi) is 3.73. The minimum Gasteiger partial charge on any atom is -0.362 e. The molecule has 130 valence electrons. The Bertz CT molecular complexity index is 769. The van der Waals surface area contributed by atoms with E-state index >= 15 is 0 Å². The Balaban J connectivity index is 1.72. The first-order chi connectivity index (χ1) is 11.4. The summed E-state index contributed by atoms with van der Waals surface area (Å²) in [6.07, 6.45) is -0.411. The van der Waals surface area contributed by atoms with Gasteiger partial charge in [0.05, 0.1) is 16.0 Å². The fraction of sp³-hybridized carbons (Fsp3) is 0.588. The van der Waals surface area contributed by atoms with Crippen LogP contribution in [0.1, 0.15) is 38.7 Å². The molecule has 1 aromatic carbocycles. The third-order valence-electron chi connectivity index (χ3n) is 5.72. The lowest BCUT2D eigenvalue weighted by molar-refractivity contribution is -0.0189. The average Bonchev–Trinajstić information content (AvgIpc) is 2.93. The third kappa shape index (κ3) is 2.30. The highest BCUT2D eigenvalue weighted by Gasteiger charge is 2.48. The fourth-order valence-electron chi connectivity index (χ4n) is 4.33. The molecule has 7 heteroatoms. The standard InChI is InChI=1S/C17H20ClF2N3O/c1-17(2)14(9-5-7-23(17)8-6-9)21-16-10-3-4-11(18)12(15(19)20)13(10)24-22-16/h3-4,9,14-15H,5-8H2,1-2H3,(H,21,22). The molecule has 4 heterocycles. The first-order valence-electron chi connectivity index (χ1n) is 8.27. The zero-order valence-corrected chi connectivity index (χ0v) is 14.4. The number of anilines is 1. The van der Waals surface area contributed by atoms with Gasteiger partial charge in [-0.05, 0) is 57.8 Å². The lowest BCUT2D eigenvalue weighted by atomic mass is 9.72. The Morgan fingerprint density at radius 2 is 2.04 bits per heavy atom. The Morgan fingerprint density at radius 3 is 2.67 bits per heavy atom. The van der Waals surface area contributed by atoms with Crippen molar-refractivity contribution in [2.24, 2.45) is 5.92 Å². The van der Waals surface area contributed by atoms with Crippen LogP contribution in [0.5, 0.6) is 0 Å². The summed E-state index contributed by atoms with van der Waals surface area (Å²) >= 11 is 5.90. The lowest BCUT2D eigenvalue weighted by Crippen LogP contribution is -2.66. The van der Waals surface area contributed by atoms with Gasteiger partial charge in [-0.15, -0.1) is 0 Å². The minimum absolute atomic E-state index is 0.00312. The van der Waals surface area contributed by atoms with E-state index in [1.807, 2.05) is 0 Å². The van der Waals surface area contributed by atoms with Crippen LogP contribution in [0.3, 0.4) is 0 Å². The van der Waals surface area contributed by atoms with Crippen LogP contribution in [0.4, 0.5) is 14.6 Å². The molecule has 3 aliphatic rings. The van der Waals surface area contributed by atoms with E-state index in [2.05, 4.69) is 29.2 Å². The molecule has 1 unspecified atom stereocenters. The second kappa shape index (κ2) is 5.56. The summed E-state index contributed by atoms with van der Waals surface area (Å²) in [5, 5.41) is 8.06. The maximum absolute atomic E-state index is 13.3. The molecule has 5 rings (SSSR count). The number of nitrogens with zero attached hydrogens (tertiary/aromatic N) is 2. The van der Waals surface area contributed by atoms with Crippen molar-refractivity contribution in [2.75, 3.05) is 18.4 Å². The summed E-state index contributed by atoms with van der Waals surface area (Å²) in [5.74, 6) is 1.08. The minimum atomic E-state index is -2.70. The van der Waals surface area contributed by atoms with E-state index in [1.54, 1.807) is 6.07 Å². The number of aromatic nitrogens is 1. The fourth-order valence-corrected chi connectivity index (χ4v) is 4.56. The second-order valence-corrected chi connectivity index (χ2v) is 7.68. The summed E-state index contributed by atoms with van der Waals surface area (Å²) in [6.45, 7) is 6.67. The molecule has 3 saturated heterocycles. The van der Waals surface area contributed by atoms with E-state index in [9.17, 15) is 8.78 Å². The SMILES string of the molecule is CC1(C)C(Nc2noc3c(C(F)F)c(Cl)ccc23)C2CCN1CC2. The molecule has 0 radical (unpaired) electrons. The second-order valence-electron chi connectivity index (χ2n) is 7.27. The number of rotatable bonds is 3. The van der Waals surface area contributed by atoms with Gasteiger partial charge >= 0.3 is 0 Å². The summed E-state index contributed by atoms with van der Waals surface area (Å²) < 4.78 is 31.8. The van der Waals surface area contributed by atoms with Crippen LogP contribution in [-0.2, 0) is 0 Å². The van der Waals surface area contributed by atoms with Gasteiger partial charge in [-0.3, -0.25) is 4.90 Å². The molecule has 4 nitrogen and oxygen atoms in total. The Morgan fingerprint density at radius 1 is 1.33 bits per heavy atom. The van der Waals surface area contributed by atoms with E-state index in [0.29, 0.717) is 17.1 Å². The lowest BCUT2D eigenvalue weighted by Gasteiger charge is -2.56. The number of benzene rings is 1. The average molecular weight is 356 g/mol. The topological polar surface area (TPSA) is 41.3 Å². The smallest absolute Gasteiger partial charge is 0.269 e. The van der Waals surface area contributed by atoms with Gasteiger partial charge in [-0.1, -0.05) is 16.8 Å². The predicted molar refractivity (Wildman–Crippen MR) is 89.8 cm³/mol. The van der Waals surface area contributed by atoms with Gasteiger partial charge in [-0.25, -0.2) is 8.78 Å². The van der Waals surface area contributed by atoms with E-state index in [-0.39, 0.29) is 27.7 Å². The summed E-state index contributed by atoms with van der Waals surface area (Å²) in [5.41, 5.74) is -0.230. The van der Waals surface area contributed by atoms with Crippen LogP contribution >= 0.6 is 11.6 Å². The third-order valence-corrected chi connectivity index (χ3v) is 6.05. The number of fused-ring (bicyclic) bond motifs is 4. The molecule has 1 N–H and O–H groups in total. The molecule has 1 atom stereocenters. The largest absolute Gasteiger partial charge is 0.362 e. The van der Waals surface area contributed by atoms with Gasteiger partial charge < -0.3 is 9.84 Å². The molecule has 0 spiro atoms. The van der Waals surface area contributed by atoms with Gasteiger partial charge in [0.2, 0.25) is 0 Å². The number of nitrogens with one attached hydrogen (secondary N) is 1. The van der Waals surface area contributed by atoms with Crippen molar-refractivity contribution < 1.29 is 13.3 Å². The quantitative estimate of drug-likeness (QED) is 0.866. The number of alkyl halides is 2. The molecular formula is C17H20ClF2N3O. The predicted octanol–water partition coefficient (Wildman–Crippen LogP) is 4.70. The van der Waals surface area contributed by atoms with Crippen LogP contribution in [0.25, 0.3) is 11.0 Å². The molecule has 3 aliphatic heterocycles. The maximum atomic E-state index is 13.3. The summed E-state index contributed by atoms with van der Waals surface area (Å²) in [7, 11) is 0. The Labute approximate surface area is 144 Å². The molecule has 0 amide bonds. The number of piperidine rings is 3. The zero-order chi connectivity index (χ0) is 17.1. The van der Waals surface area contributed by atoms with Gasteiger partial charge in [0.1, 0.15) is 0 Å². The van der Waals surface area contributed by atoms with Gasteiger partial charge in [0.15, 0.2) is 11.4 Å². The number of hydrogen-bond acceptors (Lipinski definition) is 4. The van der Waals surface area contributed by atoms with Crippen LogP contribution < -0.4 is 5.32 Å². The number of halogens is 3. The maximum Gasteiger partial charge on any atom is 0.269 e. The van der Waals surface area contributed by atoms with Crippen molar-refractivity contribution in [1.82, 2.24) is 10.1 Å². The van der Waals surface area contributed by atoms with E-state index < -0.39 is 6.43 Å². The highest BCUT2D eigenvalue weighted by molar-refractivity contribution is 6.32. The summed E-state index contributed by atoms with van der Waals surface area (Å²) in [4.78, 5) is 2.48. The monoisotopic (exact) mass is 355 g/mol. The first-order valence-corrected chi connectivity index (χ1v) is 8.65. The molecular weight excluding hydrogens is 336 g/mol. The van der Waals surface area contributed by atoms with Crippen molar-refractivity contribution >= 4 is 28.4 Å². The van der Waals surface area contributed by atoms with Crippen LogP contribution in [0, 0.1) is 5.92 Å². The van der Waals surface area contributed by atoms with Crippen molar-refractivity contribution in [2.45, 2.75) is 44.7 Å². The summed E-state index contributed by atoms with van der Waals surface area (Å²) in [6, 6.07) is 3.38. The molecule has 3 fully saturated rings. The first kappa shape index (κ1) is 16.1. The van der Waals surface area contributed by atoms with Crippen molar-refractivity contribution in [3.63, 3.8) is 0 Å². The van der Waals surface area contributed by atoms with Crippen molar-refractivity contribution in [1.29, 1.82) is 0 Å². The normalized spacial score (nSPS) is 28.7. The van der Waals surface area contributed by atoms with Gasteiger partial charge in [-0.2, -0.15) is 0 Å². The van der Waals surface area contributed by atoms with Crippen LogP contribution in [-0.4, -0.2) is 34.7 Å². The molecule has 0 aliphatic carbocycles. The van der Waals surface area contributed by atoms with Gasteiger partial charge in [0, 0.05) is 11.6 Å². The highest BCUT2D eigenvalue weighted by atomic mass is 35.5. The van der Waals surface area contributed by atoms with Crippen LogP contribution in [0.2, 0.25) is 5.02 Å². The van der Waals surface area contributed by atoms with Crippen molar-refractivity contribution in [3.8, 4) is 0 Å². The zero-order valence-electron chi connectivity index (χ0n) is 13.7. The van der Waals surface area contributed by atoms with Crippen LogP contribution in [0.15, 0.2) is 16.7 Å². The molecule has 1 aromatic heterocycles. The van der Waals surface area contributed by atoms with E-state index in [0.717, 1.165) is 25.9 Å². The van der Waals surface area contributed by atoms with E-state index in [1.165, 1.54) is 6.07 Å². The van der Waals surface area contributed by atoms with Crippen molar-refractivity contribution in [3.05, 3.63) is 22.7 Å². The molecule has 0 saturated carbocycles. The molecule has 2 aromatic rings. The molecule has 24 heavy (non-hydrogen) atoms. The number of hydrogen-bond donors (Lipinski definition) is 1. The molecule has 2 bridgehead atoms.